The predicted molar refractivity (Wildman–Crippen MR) is 307 cm³/mol. The number of aromatic nitrogens is 4. The summed E-state index contributed by atoms with van der Waals surface area (Å²) < 4.78 is 47.9. The molecule has 2 N–H and O–H groups in total. The zero-order valence-electron chi connectivity index (χ0n) is 46.2. The van der Waals surface area contributed by atoms with Crippen LogP contribution < -0.4 is 10.6 Å². The molecule has 82 heavy (non-hydrogen) atoms. The van der Waals surface area contributed by atoms with E-state index in [1.54, 1.807) is 82.3 Å². The second-order valence-corrected chi connectivity index (χ2v) is 24.2. The Hall–Kier alpha value is -7.47. The van der Waals surface area contributed by atoms with Gasteiger partial charge in [0.15, 0.2) is 0 Å². The molecule has 2 aliphatic heterocycles. The van der Waals surface area contributed by atoms with E-state index in [9.17, 15) is 19.2 Å². The van der Waals surface area contributed by atoms with E-state index in [0.29, 0.717) is 64.2 Å². The lowest BCUT2D eigenvalue weighted by molar-refractivity contribution is -0.135. The van der Waals surface area contributed by atoms with Crippen LogP contribution in [-0.4, -0.2) is 104 Å². The minimum Gasteiger partial charge on any atom is -0.453 e. The molecule has 5 aliphatic rings. The fourth-order valence-electron chi connectivity index (χ4n) is 13.3. The molecule has 1 spiro atoms. The van der Waals surface area contributed by atoms with E-state index in [4.69, 9.17) is 42.6 Å². The van der Waals surface area contributed by atoms with Crippen LogP contribution in [-0.2, 0) is 20.2 Å². The fraction of sp³-hybridized carbons (Fsp3) is 0.381. The number of carbonyl (C=O) groups excluding carboxylic acids is 5. The largest absolute Gasteiger partial charge is 0.453 e. The highest BCUT2D eigenvalue weighted by Crippen LogP contribution is 2.59. The summed E-state index contributed by atoms with van der Waals surface area (Å²) >= 11 is 13.4. The first-order valence-electron chi connectivity index (χ1n) is 27.9. The quantitative estimate of drug-likeness (QED) is 0.113. The van der Waals surface area contributed by atoms with E-state index >= 15 is 13.6 Å². The van der Waals surface area contributed by atoms with E-state index in [0.717, 1.165) is 32.1 Å². The molecule has 2 aromatic heterocycles. The maximum Gasteiger partial charge on any atom is 0.407 e. The molecule has 4 fully saturated rings. The number of fused-ring (bicyclic) bond motifs is 6. The molecule has 4 heterocycles. The number of hydrogen-bond acceptors (Lipinski definition) is 10. The molecular weight excluding hydrogens is 1090 g/mol. The number of alkyl carbamates (subject to hydrolysis) is 2. The topological polar surface area (TPSA) is 170 Å². The highest BCUT2D eigenvalue weighted by Gasteiger charge is 2.56. The number of nitrogens with zero attached hydrogens (tertiary/aromatic N) is 6. The lowest BCUT2D eigenvalue weighted by atomic mass is 9.95. The van der Waals surface area contributed by atoms with Crippen molar-refractivity contribution in [1.29, 1.82) is 0 Å². The monoisotopic (exact) mass is 1150 g/mol. The molecule has 3 aliphatic carbocycles. The number of benzene rings is 5. The summed E-state index contributed by atoms with van der Waals surface area (Å²) in [6.07, 6.45) is 5.25. The number of carbonyl (C=O) groups is 5. The standard InChI is InChI=1S/C63H62Cl2F2N8O7/c1-33(2)49(70-60(79)81-5)31-72-39-19-15-38(25-39)54(72)56-69-48-22-18-36(28-50(48)74(56)57(76)42-11-7-9-13-46(42)64)35-16-20-40-41-21-17-37(27-45(41)63(66,67)44(40)26-35)52-30-68-55(75(52)58(77)43-12-8-10-14-47(43)65)51-29-62(23-24-62)32-73(51)59(78)53(34(3)4)71-61(80)82-6/h7-14,16-18,20-22,26-28,30,33-34,38-39,49,51,53-54H,15,19,23-25,29,31-32H2,1-6H3,(H,70,79)(H,71,80)/t38-,39+,49?,51?,53?,54?/m0/s1. The number of nitrogens with one attached hydrogen (secondary N) is 2. The van der Waals surface area contributed by atoms with Gasteiger partial charge in [-0.2, -0.15) is 8.78 Å². The molecule has 12 rings (SSSR count). The Morgan fingerprint density at radius 3 is 1.94 bits per heavy atom. The van der Waals surface area contributed by atoms with Crippen molar-refractivity contribution in [2.75, 3.05) is 27.3 Å². The lowest BCUT2D eigenvalue weighted by Crippen LogP contribution is -2.51. The van der Waals surface area contributed by atoms with E-state index < -0.39 is 36.1 Å². The third-order valence-electron chi connectivity index (χ3n) is 17.8. The number of amides is 3. The van der Waals surface area contributed by atoms with Gasteiger partial charge >= 0.3 is 12.2 Å². The number of imidazole rings is 2. The van der Waals surface area contributed by atoms with E-state index in [1.807, 2.05) is 45.9 Å². The number of piperidine rings is 1. The SMILES string of the molecule is COC(=O)NC(CN1C(c2nc3ccc(-c4ccc5c(c4)C(F)(F)c4cc(-c6cnc(C7CC8(CC8)CN7C(=O)C(NC(=O)OC)C(C)C)n6C(=O)c6ccccc6Cl)ccc4-5)cc3n2C(=O)c2ccccc2Cl)[C@H]2CC[C@@H]1C2)C(C)C. The minimum absolute atomic E-state index is 0.0691. The van der Waals surface area contributed by atoms with Crippen molar-refractivity contribution in [2.45, 2.75) is 102 Å². The van der Waals surface area contributed by atoms with Crippen LogP contribution in [0.2, 0.25) is 10.0 Å². The number of likely N-dealkylation sites (tertiary alicyclic amines) is 2. The first-order valence-corrected chi connectivity index (χ1v) is 28.7. The van der Waals surface area contributed by atoms with Gasteiger partial charge in [0.2, 0.25) is 5.91 Å². The number of methoxy groups -OCH3 is 2. The Morgan fingerprint density at radius 1 is 0.720 bits per heavy atom. The van der Waals surface area contributed by atoms with Gasteiger partial charge in [0.25, 0.3) is 17.7 Å². The van der Waals surface area contributed by atoms with Gasteiger partial charge < -0.3 is 25.0 Å². The van der Waals surface area contributed by atoms with E-state index in [1.165, 1.54) is 37.1 Å². The number of ether oxygens (including phenoxy) is 2. The third-order valence-corrected chi connectivity index (χ3v) is 18.5. The van der Waals surface area contributed by atoms with Gasteiger partial charge in [0, 0.05) is 41.9 Å². The second-order valence-electron chi connectivity index (χ2n) is 23.4. The molecule has 424 valence electrons. The Balaban J connectivity index is 0.917. The highest BCUT2D eigenvalue weighted by molar-refractivity contribution is 6.34. The van der Waals surface area contributed by atoms with Gasteiger partial charge in [-0.05, 0) is 132 Å². The smallest absolute Gasteiger partial charge is 0.407 e. The average molecular weight is 1150 g/mol. The molecule has 15 nitrogen and oxygen atoms in total. The molecule has 0 radical (unpaired) electrons. The van der Waals surface area contributed by atoms with Crippen molar-refractivity contribution in [1.82, 2.24) is 39.5 Å². The van der Waals surface area contributed by atoms with Gasteiger partial charge in [-0.25, -0.2) is 19.6 Å². The number of halogens is 4. The van der Waals surface area contributed by atoms with Crippen LogP contribution >= 0.6 is 23.2 Å². The van der Waals surface area contributed by atoms with Crippen LogP contribution in [0.15, 0.2) is 109 Å². The summed E-state index contributed by atoms with van der Waals surface area (Å²) in [4.78, 5) is 83.8. The first-order chi connectivity index (χ1) is 39.3. The highest BCUT2D eigenvalue weighted by atomic mass is 35.5. The number of hydrogen-bond donors (Lipinski definition) is 2. The average Bonchev–Trinajstić information content (AvgIpc) is 4.28. The maximum atomic E-state index is 17.5. The maximum absolute atomic E-state index is 17.5. The number of rotatable bonds is 13. The minimum atomic E-state index is -3.51. The van der Waals surface area contributed by atoms with Crippen LogP contribution in [0.5, 0.6) is 0 Å². The molecule has 2 saturated carbocycles. The van der Waals surface area contributed by atoms with Gasteiger partial charge in [0.1, 0.15) is 17.7 Å². The van der Waals surface area contributed by atoms with Crippen LogP contribution in [0, 0.1) is 23.2 Å². The van der Waals surface area contributed by atoms with Crippen LogP contribution in [0.3, 0.4) is 0 Å². The van der Waals surface area contributed by atoms with Crippen molar-refractivity contribution < 1.29 is 42.2 Å². The van der Waals surface area contributed by atoms with E-state index in [-0.39, 0.29) is 96.9 Å². The zero-order valence-corrected chi connectivity index (χ0v) is 47.7. The molecule has 5 aromatic carbocycles. The van der Waals surface area contributed by atoms with Crippen molar-refractivity contribution in [3.63, 3.8) is 0 Å². The third kappa shape index (κ3) is 9.42. The Morgan fingerprint density at radius 2 is 1.32 bits per heavy atom. The van der Waals surface area contributed by atoms with Crippen molar-refractivity contribution in [2.24, 2.45) is 23.2 Å². The summed E-state index contributed by atoms with van der Waals surface area (Å²) in [5.74, 6) is -4.06. The molecule has 6 atom stereocenters. The van der Waals surface area contributed by atoms with Gasteiger partial charge in [-0.15, -0.1) is 0 Å². The molecule has 2 bridgehead atoms. The number of alkyl halides is 2. The van der Waals surface area contributed by atoms with Crippen molar-refractivity contribution in [3.05, 3.63) is 153 Å². The molecule has 4 unspecified atom stereocenters. The normalized spacial score (nSPS) is 20.8. The summed E-state index contributed by atoms with van der Waals surface area (Å²) in [6.45, 7) is 8.63. The summed E-state index contributed by atoms with van der Waals surface area (Å²) in [7, 11) is 2.57. The molecule has 3 amide bonds. The van der Waals surface area contributed by atoms with Crippen LogP contribution in [0.4, 0.5) is 18.4 Å². The molecular formula is C63H62Cl2F2N8O7. The van der Waals surface area contributed by atoms with Crippen molar-refractivity contribution in [3.8, 4) is 33.5 Å². The fourth-order valence-corrected chi connectivity index (χ4v) is 13.7. The molecule has 19 heteroatoms. The Bertz CT molecular complexity index is 3760. The van der Waals surface area contributed by atoms with Gasteiger partial charge in [-0.3, -0.25) is 28.4 Å². The van der Waals surface area contributed by atoms with Gasteiger partial charge in [0.05, 0.1) is 70.4 Å². The Kier molecular flexibility index (Phi) is 14.1. The van der Waals surface area contributed by atoms with E-state index in [2.05, 4.69) is 15.5 Å². The molecule has 2 saturated heterocycles. The first kappa shape index (κ1) is 55.1. The molecule has 7 aromatic rings. The van der Waals surface area contributed by atoms with Crippen LogP contribution in [0.1, 0.15) is 122 Å². The zero-order chi connectivity index (χ0) is 57.7. The Labute approximate surface area is 483 Å². The summed E-state index contributed by atoms with van der Waals surface area (Å²) in [5.41, 5.74) is 3.05. The van der Waals surface area contributed by atoms with Gasteiger partial charge in [-0.1, -0.05) is 105 Å². The lowest BCUT2D eigenvalue weighted by Gasteiger charge is -2.38. The predicted octanol–water partition coefficient (Wildman–Crippen LogP) is 12.7. The van der Waals surface area contributed by atoms with Crippen LogP contribution in [0.25, 0.3) is 44.5 Å². The second kappa shape index (κ2) is 21.1. The summed E-state index contributed by atoms with van der Waals surface area (Å²) in [6, 6.07) is 26.6. The summed E-state index contributed by atoms with van der Waals surface area (Å²) in [5, 5.41) is 6.16. The van der Waals surface area contributed by atoms with Crippen molar-refractivity contribution >= 4 is 64.1 Å².